The summed E-state index contributed by atoms with van der Waals surface area (Å²) < 4.78 is 19.7. The number of carbonyl (C=O) groups excluding carboxylic acids is 3. The van der Waals surface area contributed by atoms with Crippen molar-refractivity contribution in [3.63, 3.8) is 0 Å². The summed E-state index contributed by atoms with van der Waals surface area (Å²) in [6, 6.07) is 12.2. The van der Waals surface area contributed by atoms with E-state index < -0.39 is 29.2 Å². The van der Waals surface area contributed by atoms with Crippen molar-refractivity contribution in [2.75, 3.05) is 13.7 Å². The van der Waals surface area contributed by atoms with Crippen molar-refractivity contribution in [1.82, 2.24) is 20.5 Å². The van der Waals surface area contributed by atoms with Gasteiger partial charge in [0.05, 0.1) is 19.2 Å². The fourth-order valence-corrected chi connectivity index (χ4v) is 4.21. The Morgan fingerprint density at radius 2 is 1.94 bits per heavy atom. The Morgan fingerprint density at radius 1 is 1.17 bits per heavy atom. The van der Waals surface area contributed by atoms with E-state index in [0.29, 0.717) is 22.4 Å². The molecule has 180 valence electrons. The van der Waals surface area contributed by atoms with Crippen LogP contribution in [-0.4, -0.2) is 52.0 Å². The molecule has 4 amide bonds. The van der Waals surface area contributed by atoms with Gasteiger partial charge in [-0.1, -0.05) is 30.0 Å². The molecular formula is C26H19FN4O5. The molecule has 2 aliphatic rings. The summed E-state index contributed by atoms with van der Waals surface area (Å²) in [6.07, 6.45) is 1.56. The van der Waals surface area contributed by atoms with Gasteiger partial charge in [-0.15, -0.1) is 0 Å². The van der Waals surface area contributed by atoms with Crippen molar-refractivity contribution in [3.05, 3.63) is 77.2 Å². The van der Waals surface area contributed by atoms with Crippen LogP contribution in [0.15, 0.2) is 54.7 Å². The number of pyridine rings is 1. The van der Waals surface area contributed by atoms with Gasteiger partial charge < -0.3 is 20.1 Å². The number of fused-ring (bicyclic) bond motifs is 1. The Morgan fingerprint density at radius 3 is 2.61 bits per heavy atom. The molecule has 0 aliphatic carbocycles. The zero-order valence-electron chi connectivity index (χ0n) is 19.0. The second kappa shape index (κ2) is 8.70. The second-order valence-electron chi connectivity index (χ2n) is 8.29. The maximum absolute atomic E-state index is 14.7. The largest absolute Gasteiger partial charge is 0.506 e. The predicted molar refractivity (Wildman–Crippen MR) is 125 cm³/mol. The van der Waals surface area contributed by atoms with E-state index in [2.05, 4.69) is 27.5 Å². The quantitative estimate of drug-likeness (QED) is 0.384. The highest BCUT2D eigenvalue weighted by molar-refractivity contribution is 6.10. The number of urea groups is 1. The lowest BCUT2D eigenvalue weighted by atomic mass is 9.98. The number of aromatic nitrogens is 1. The average Bonchev–Trinajstić information content (AvgIpc) is 3.33. The van der Waals surface area contributed by atoms with Crippen molar-refractivity contribution in [3.8, 4) is 34.6 Å². The number of benzene rings is 2. The molecule has 1 unspecified atom stereocenters. The smallest absolute Gasteiger partial charge is 0.323 e. The fraction of sp³-hybridized carbons (Fsp3) is 0.154. The first-order valence-electron chi connectivity index (χ1n) is 10.9. The Hall–Kier alpha value is -4.91. The fourth-order valence-electron chi connectivity index (χ4n) is 4.21. The van der Waals surface area contributed by atoms with E-state index in [9.17, 15) is 23.9 Å². The predicted octanol–water partition coefficient (Wildman–Crippen LogP) is 2.19. The van der Waals surface area contributed by atoms with Crippen LogP contribution in [0, 0.1) is 17.7 Å². The molecule has 1 fully saturated rings. The Kier molecular flexibility index (Phi) is 5.53. The van der Waals surface area contributed by atoms with Gasteiger partial charge in [0.25, 0.3) is 11.8 Å². The van der Waals surface area contributed by atoms with Gasteiger partial charge in [-0.2, -0.15) is 0 Å². The SMILES string of the molecule is COc1ccc2c(c1F)C(=O)N(CC1(C#Cc3ccc(-c4ncccc4O)cc3)NC(=O)NC1=O)C2. The van der Waals surface area contributed by atoms with E-state index in [4.69, 9.17) is 4.74 Å². The topological polar surface area (TPSA) is 121 Å². The number of aromatic hydroxyl groups is 1. The van der Waals surface area contributed by atoms with E-state index in [0.717, 1.165) is 0 Å². The monoisotopic (exact) mass is 486 g/mol. The van der Waals surface area contributed by atoms with Gasteiger partial charge in [-0.05, 0) is 35.9 Å². The minimum Gasteiger partial charge on any atom is -0.506 e. The standard InChI is InChI=1S/C26H19FN4O5/c1-36-19-9-8-17-13-31(23(33)20(17)21(19)27)14-26(24(34)29-25(35)30-26)11-10-15-4-6-16(7-5-15)22-18(32)3-2-12-28-22/h2-9,12,32H,13-14H2,1H3,(H2,29,30,34,35). The van der Waals surface area contributed by atoms with Crippen LogP contribution in [0.5, 0.6) is 11.5 Å². The molecule has 0 radical (unpaired) electrons. The summed E-state index contributed by atoms with van der Waals surface area (Å²) in [5.74, 6) is 3.53. The van der Waals surface area contributed by atoms with Crippen LogP contribution in [0.4, 0.5) is 9.18 Å². The van der Waals surface area contributed by atoms with E-state index in [1.807, 2.05) is 0 Å². The molecule has 3 heterocycles. The first-order chi connectivity index (χ1) is 17.3. The highest BCUT2D eigenvalue weighted by Crippen LogP contribution is 2.32. The lowest BCUT2D eigenvalue weighted by Crippen LogP contribution is -2.54. The van der Waals surface area contributed by atoms with Gasteiger partial charge in [0.15, 0.2) is 11.6 Å². The van der Waals surface area contributed by atoms with E-state index >= 15 is 0 Å². The zero-order chi connectivity index (χ0) is 25.4. The zero-order valence-corrected chi connectivity index (χ0v) is 19.0. The molecule has 1 saturated heterocycles. The first kappa shape index (κ1) is 22.9. The van der Waals surface area contributed by atoms with Crippen LogP contribution in [0.3, 0.4) is 0 Å². The van der Waals surface area contributed by atoms with Crippen LogP contribution in [0.25, 0.3) is 11.3 Å². The van der Waals surface area contributed by atoms with Crippen LogP contribution in [-0.2, 0) is 11.3 Å². The normalized spacial score (nSPS) is 18.3. The molecule has 1 aromatic heterocycles. The Labute approximate surface area is 204 Å². The van der Waals surface area contributed by atoms with Crippen molar-refractivity contribution >= 4 is 17.8 Å². The van der Waals surface area contributed by atoms with Crippen LogP contribution < -0.4 is 15.4 Å². The van der Waals surface area contributed by atoms with Gasteiger partial charge in [-0.3, -0.25) is 19.9 Å². The molecule has 9 nitrogen and oxygen atoms in total. The second-order valence-corrected chi connectivity index (χ2v) is 8.29. The molecule has 2 aromatic carbocycles. The van der Waals surface area contributed by atoms with Gasteiger partial charge in [-0.25, -0.2) is 9.18 Å². The van der Waals surface area contributed by atoms with Gasteiger partial charge in [0, 0.05) is 23.9 Å². The van der Waals surface area contributed by atoms with E-state index in [1.165, 1.54) is 24.1 Å². The van der Waals surface area contributed by atoms with Gasteiger partial charge in [0.2, 0.25) is 5.54 Å². The van der Waals surface area contributed by atoms with Crippen molar-refractivity contribution in [2.45, 2.75) is 12.1 Å². The molecule has 5 rings (SSSR count). The minimum atomic E-state index is -1.73. The molecule has 0 bridgehead atoms. The number of nitrogens with zero attached hydrogens (tertiary/aromatic N) is 2. The number of rotatable bonds is 4. The molecule has 0 spiro atoms. The van der Waals surface area contributed by atoms with E-state index in [-0.39, 0.29) is 30.2 Å². The number of hydrogen-bond acceptors (Lipinski definition) is 6. The first-order valence-corrected chi connectivity index (χ1v) is 10.9. The molecule has 1 atom stereocenters. The van der Waals surface area contributed by atoms with Crippen molar-refractivity contribution in [2.24, 2.45) is 0 Å². The lowest BCUT2D eigenvalue weighted by molar-refractivity contribution is -0.122. The maximum atomic E-state index is 14.7. The number of amides is 4. The summed E-state index contributed by atoms with van der Waals surface area (Å²) >= 11 is 0. The molecule has 2 aliphatic heterocycles. The number of ether oxygens (including phenoxy) is 1. The lowest BCUT2D eigenvalue weighted by Gasteiger charge is -2.26. The maximum Gasteiger partial charge on any atom is 0.323 e. The molecule has 10 heteroatoms. The van der Waals surface area contributed by atoms with Crippen LogP contribution in [0.1, 0.15) is 21.5 Å². The number of halogens is 1. The molecular weight excluding hydrogens is 467 g/mol. The summed E-state index contributed by atoms with van der Waals surface area (Å²) in [4.78, 5) is 43.2. The number of imide groups is 1. The highest BCUT2D eigenvalue weighted by atomic mass is 19.1. The molecule has 3 aromatic rings. The van der Waals surface area contributed by atoms with E-state index in [1.54, 1.807) is 42.6 Å². The number of methoxy groups -OCH3 is 1. The number of nitrogens with one attached hydrogen (secondary N) is 2. The summed E-state index contributed by atoms with van der Waals surface area (Å²) in [6.45, 7) is -0.239. The Balaban J connectivity index is 1.43. The average molecular weight is 486 g/mol. The highest BCUT2D eigenvalue weighted by Gasteiger charge is 2.48. The minimum absolute atomic E-state index is 0.0333. The molecule has 0 saturated carbocycles. The number of carbonyl (C=O) groups is 3. The van der Waals surface area contributed by atoms with Crippen LogP contribution in [0.2, 0.25) is 0 Å². The third-order valence-electron chi connectivity index (χ3n) is 6.01. The van der Waals surface area contributed by atoms with Gasteiger partial charge in [0.1, 0.15) is 11.4 Å². The number of hydrogen-bond donors (Lipinski definition) is 3. The Bertz CT molecular complexity index is 1480. The summed E-state index contributed by atoms with van der Waals surface area (Å²) in [5.41, 5.74) is 0.183. The third-order valence-corrected chi connectivity index (χ3v) is 6.01. The van der Waals surface area contributed by atoms with Crippen molar-refractivity contribution in [1.29, 1.82) is 0 Å². The van der Waals surface area contributed by atoms with Crippen molar-refractivity contribution < 1.29 is 28.6 Å². The summed E-state index contributed by atoms with van der Waals surface area (Å²) in [5, 5.41) is 14.7. The molecule has 36 heavy (non-hydrogen) atoms. The van der Waals surface area contributed by atoms with Gasteiger partial charge >= 0.3 is 6.03 Å². The third kappa shape index (κ3) is 3.86. The summed E-state index contributed by atoms with van der Waals surface area (Å²) in [7, 11) is 1.30. The molecule has 3 N–H and O–H groups in total. The van der Waals surface area contributed by atoms with Crippen LogP contribution >= 0.6 is 0 Å².